The highest BCUT2D eigenvalue weighted by Gasteiger charge is 2.32. The van der Waals surface area contributed by atoms with Gasteiger partial charge in [-0.15, -0.1) is 0 Å². The lowest BCUT2D eigenvalue weighted by atomic mass is 9.96. The molecular formula is C16H27N3O3. The Morgan fingerprint density at radius 1 is 0.909 bits per heavy atom. The molecule has 1 saturated carbocycles. The van der Waals surface area contributed by atoms with Crippen LogP contribution in [-0.2, 0) is 9.53 Å². The number of carbonyl (C=O) groups is 2. The topological polar surface area (TPSA) is 61.9 Å². The highest BCUT2D eigenvalue weighted by molar-refractivity contribution is 5.81. The van der Waals surface area contributed by atoms with Gasteiger partial charge in [0.1, 0.15) is 0 Å². The van der Waals surface area contributed by atoms with Gasteiger partial charge >= 0.3 is 6.03 Å². The van der Waals surface area contributed by atoms with Crippen molar-refractivity contribution < 1.29 is 14.3 Å². The number of likely N-dealkylation sites (tertiary alicyclic amines) is 1. The SMILES string of the molecule is O=C(NC1CCCC1)N1CCC[C@H](C(=O)N2CCOCC2)C1. The molecule has 0 aromatic heterocycles. The van der Waals surface area contributed by atoms with E-state index in [0.29, 0.717) is 38.9 Å². The van der Waals surface area contributed by atoms with Crippen LogP contribution >= 0.6 is 0 Å². The molecule has 3 fully saturated rings. The van der Waals surface area contributed by atoms with Crippen LogP contribution in [0.3, 0.4) is 0 Å². The van der Waals surface area contributed by atoms with Gasteiger partial charge in [0, 0.05) is 32.2 Å². The number of morpholine rings is 1. The van der Waals surface area contributed by atoms with Gasteiger partial charge in [0.15, 0.2) is 0 Å². The molecular weight excluding hydrogens is 282 g/mol. The first kappa shape index (κ1) is 15.6. The second kappa shape index (κ2) is 7.31. The molecule has 0 aromatic carbocycles. The molecule has 124 valence electrons. The molecule has 2 heterocycles. The smallest absolute Gasteiger partial charge is 0.317 e. The number of urea groups is 1. The number of rotatable bonds is 2. The Bertz CT molecular complexity index is 403. The lowest BCUT2D eigenvalue weighted by molar-refractivity contribution is -0.141. The fourth-order valence-electron chi connectivity index (χ4n) is 3.74. The van der Waals surface area contributed by atoms with Crippen LogP contribution in [0, 0.1) is 5.92 Å². The molecule has 0 bridgehead atoms. The van der Waals surface area contributed by atoms with Crippen molar-refractivity contribution in [2.24, 2.45) is 5.92 Å². The molecule has 3 aliphatic rings. The van der Waals surface area contributed by atoms with Gasteiger partial charge in [0.25, 0.3) is 0 Å². The van der Waals surface area contributed by atoms with E-state index in [4.69, 9.17) is 4.74 Å². The van der Waals surface area contributed by atoms with Crippen molar-refractivity contribution in [1.82, 2.24) is 15.1 Å². The summed E-state index contributed by atoms with van der Waals surface area (Å²) in [6.07, 6.45) is 6.42. The van der Waals surface area contributed by atoms with Crippen molar-refractivity contribution in [2.45, 2.75) is 44.6 Å². The Hall–Kier alpha value is -1.30. The second-order valence-corrected chi connectivity index (χ2v) is 6.65. The van der Waals surface area contributed by atoms with Gasteiger partial charge in [-0.2, -0.15) is 0 Å². The van der Waals surface area contributed by atoms with Crippen molar-refractivity contribution in [1.29, 1.82) is 0 Å². The largest absolute Gasteiger partial charge is 0.378 e. The van der Waals surface area contributed by atoms with Crippen LogP contribution in [0.15, 0.2) is 0 Å². The first-order valence-corrected chi connectivity index (χ1v) is 8.66. The summed E-state index contributed by atoms with van der Waals surface area (Å²) < 4.78 is 5.30. The predicted octanol–water partition coefficient (Wildman–Crippen LogP) is 1.21. The minimum Gasteiger partial charge on any atom is -0.378 e. The van der Waals surface area contributed by atoms with Crippen molar-refractivity contribution in [3.8, 4) is 0 Å². The van der Waals surface area contributed by atoms with Gasteiger partial charge in [-0.25, -0.2) is 4.79 Å². The third kappa shape index (κ3) is 3.72. The Morgan fingerprint density at radius 2 is 1.64 bits per heavy atom. The number of carbonyl (C=O) groups excluding carboxylic acids is 2. The zero-order valence-corrected chi connectivity index (χ0v) is 13.3. The normalized spacial score (nSPS) is 27.0. The Morgan fingerprint density at radius 3 is 2.36 bits per heavy atom. The number of piperidine rings is 1. The average Bonchev–Trinajstić information content (AvgIpc) is 3.08. The summed E-state index contributed by atoms with van der Waals surface area (Å²) in [5.74, 6) is 0.155. The summed E-state index contributed by atoms with van der Waals surface area (Å²) in [6.45, 7) is 3.96. The molecule has 0 spiro atoms. The monoisotopic (exact) mass is 309 g/mol. The fourth-order valence-corrected chi connectivity index (χ4v) is 3.74. The molecule has 6 nitrogen and oxygen atoms in total. The Kier molecular flexibility index (Phi) is 5.18. The molecule has 22 heavy (non-hydrogen) atoms. The highest BCUT2D eigenvalue weighted by atomic mass is 16.5. The summed E-state index contributed by atoms with van der Waals surface area (Å²) in [5, 5.41) is 3.13. The summed E-state index contributed by atoms with van der Waals surface area (Å²) in [5.41, 5.74) is 0. The van der Waals surface area contributed by atoms with E-state index in [1.807, 2.05) is 9.80 Å². The van der Waals surface area contributed by atoms with Crippen molar-refractivity contribution in [2.75, 3.05) is 39.4 Å². The van der Waals surface area contributed by atoms with E-state index < -0.39 is 0 Å². The zero-order chi connectivity index (χ0) is 15.4. The fraction of sp³-hybridized carbons (Fsp3) is 0.875. The maximum absolute atomic E-state index is 12.6. The van der Waals surface area contributed by atoms with E-state index in [1.54, 1.807) is 0 Å². The van der Waals surface area contributed by atoms with Gasteiger partial charge in [0.2, 0.25) is 5.91 Å². The van der Waals surface area contributed by atoms with E-state index >= 15 is 0 Å². The third-order valence-electron chi connectivity index (χ3n) is 5.06. The van der Waals surface area contributed by atoms with Gasteiger partial charge in [-0.1, -0.05) is 12.8 Å². The lowest BCUT2D eigenvalue weighted by Gasteiger charge is -2.36. The first-order valence-electron chi connectivity index (χ1n) is 8.66. The zero-order valence-electron chi connectivity index (χ0n) is 13.3. The predicted molar refractivity (Wildman–Crippen MR) is 82.5 cm³/mol. The molecule has 2 saturated heterocycles. The lowest BCUT2D eigenvalue weighted by Crippen LogP contribution is -2.52. The number of nitrogens with zero attached hydrogens (tertiary/aromatic N) is 2. The van der Waals surface area contributed by atoms with Crippen LogP contribution in [0.4, 0.5) is 4.79 Å². The van der Waals surface area contributed by atoms with E-state index in [0.717, 1.165) is 32.2 Å². The molecule has 3 amide bonds. The standard InChI is InChI=1S/C16H27N3O3/c20-15(18-8-10-22-11-9-18)13-4-3-7-19(12-13)16(21)17-14-5-1-2-6-14/h13-14H,1-12H2,(H,17,21)/t13-/m0/s1. The number of amides is 3. The second-order valence-electron chi connectivity index (χ2n) is 6.65. The van der Waals surface area contributed by atoms with Crippen LogP contribution in [0.5, 0.6) is 0 Å². The van der Waals surface area contributed by atoms with Crippen LogP contribution in [0.2, 0.25) is 0 Å². The minimum absolute atomic E-state index is 0.0198. The number of ether oxygens (including phenoxy) is 1. The Balaban J connectivity index is 1.51. The van der Waals surface area contributed by atoms with Gasteiger partial charge in [0.05, 0.1) is 19.1 Å². The van der Waals surface area contributed by atoms with E-state index in [9.17, 15) is 9.59 Å². The van der Waals surface area contributed by atoms with Crippen molar-refractivity contribution >= 4 is 11.9 Å². The number of hydrogen-bond acceptors (Lipinski definition) is 3. The summed E-state index contributed by atoms with van der Waals surface area (Å²) in [7, 11) is 0. The van der Waals surface area contributed by atoms with E-state index in [2.05, 4.69) is 5.32 Å². The highest BCUT2D eigenvalue weighted by Crippen LogP contribution is 2.21. The molecule has 1 atom stereocenters. The quantitative estimate of drug-likeness (QED) is 0.834. The summed E-state index contributed by atoms with van der Waals surface area (Å²) in [6, 6.07) is 0.356. The third-order valence-corrected chi connectivity index (χ3v) is 5.06. The van der Waals surface area contributed by atoms with Crippen molar-refractivity contribution in [3.63, 3.8) is 0 Å². The summed E-state index contributed by atoms with van der Waals surface area (Å²) in [4.78, 5) is 28.7. The molecule has 0 aromatic rings. The average molecular weight is 309 g/mol. The van der Waals surface area contributed by atoms with Gasteiger partial charge in [-0.05, 0) is 25.7 Å². The van der Waals surface area contributed by atoms with Crippen molar-refractivity contribution in [3.05, 3.63) is 0 Å². The van der Waals surface area contributed by atoms with Crippen LogP contribution < -0.4 is 5.32 Å². The van der Waals surface area contributed by atoms with Crippen LogP contribution in [0.1, 0.15) is 38.5 Å². The molecule has 0 unspecified atom stereocenters. The van der Waals surface area contributed by atoms with Gasteiger partial charge in [-0.3, -0.25) is 4.79 Å². The minimum atomic E-state index is -0.0406. The summed E-state index contributed by atoms with van der Waals surface area (Å²) >= 11 is 0. The van der Waals surface area contributed by atoms with Crippen LogP contribution in [0.25, 0.3) is 0 Å². The molecule has 6 heteroatoms. The molecule has 3 rings (SSSR count). The molecule has 0 radical (unpaired) electrons. The maximum Gasteiger partial charge on any atom is 0.317 e. The van der Waals surface area contributed by atoms with Gasteiger partial charge < -0.3 is 19.9 Å². The molecule has 1 aliphatic carbocycles. The first-order chi connectivity index (χ1) is 10.7. The molecule has 1 N–H and O–H groups in total. The van der Waals surface area contributed by atoms with E-state index in [-0.39, 0.29) is 17.9 Å². The number of nitrogens with one attached hydrogen (secondary N) is 1. The van der Waals surface area contributed by atoms with Crippen LogP contribution in [-0.4, -0.2) is 67.2 Å². The molecule has 2 aliphatic heterocycles. The Labute approximate surface area is 132 Å². The van der Waals surface area contributed by atoms with E-state index in [1.165, 1.54) is 12.8 Å². The maximum atomic E-state index is 12.6. The number of hydrogen-bond donors (Lipinski definition) is 1.